The number of benzene rings is 2. The van der Waals surface area contributed by atoms with E-state index in [4.69, 9.17) is 4.74 Å². The van der Waals surface area contributed by atoms with Crippen LogP contribution in [0, 0.1) is 0 Å². The van der Waals surface area contributed by atoms with Gasteiger partial charge >= 0.3 is 0 Å². The van der Waals surface area contributed by atoms with Gasteiger partial charge in [0.25, 0.3) is 0 Å². The molecule has 0 aliphatic carbocycles. The Morgan fingerprint density at radius 3 is 2.41 bits per heavy atom. The first kappa shape index (κ1) is 9.97. The quantitative estimate of drug-likeness (QED) is 0.673. The second kappa shape index (κ2) is 3.67. The van der Waals surface area contributed by atoms with E-state index < -0.39 is 0 Å². The summed E-state index contributed by atoms with van der Waals surface area (Å²) in [5.41, 5.74) is 3.20. The number of para-hydroxylation sites is 3. The molecule has 0 fully saturated rings. The fourth-order valence-corrected chi connectivity index (χ4v) is 2.14. The molecule has 84 valence electrons. The SMILES string of the molecule is C=C1Oc2ccccc2N(C)c2ccccc21. The molecule has 1 aliphatic heterocycles. The van der Waals surface area contributed by atoms with Gasteiger partial charge in [-0.15, -0.1) is 0 Å². The Balaban J connectivity index is 2.26. The number of rotatable bonds is 0. The molecule has 0 amide bonds. The summed E-state index contributed by atoms with van der Waals surface area (Å²) in [5.74, 6) is 1.54. The molecule has 0 bridgehead atoms. The van der Waals surface area contributed by atoms with Crippen LogP contribution in [0.3, 0.4) is 0 Å². The molecule has 0 radical (unpaired) electrons. The van der Waals surface area contributed by atoms with Gasteiger partial charge in [0.1, 0.15) is 5.76 Å². The molecule has 1 heterocycles. The number of hydrogen-bond donors (Lipinski definition) is 0. The predicted octanol–water partition coefficient (Wildman–Crippen LogP) is 3.82. The summed E-state index contributed by atoms with van der Waals surface area (Å²) in [7, 11) is 2.04. The summed E-state index contributed by atoms with van der Waals surface area (Å²) < 4.78 is 5.82. The van der Waals surface area contributed by atoms with Crippen LogP contribution in [0.25, 0.3) is 5.76 Å². The zero-order chi connectivity index (χ0) is 11.8. The molecule has 0 spiro atoms. The first-order valence-corrected chi connectivity index (χ1v) is 5.56. The summed E-state index contributed by atoms with van der Waals surface area (Å²) >= 11 is 0. The summed E-state index contributed by atoms with van der Waals surface area (Å²) in [6, 6.07) is 16.1. The summed E-state index contributed by atoms with van der Waals surface area (Å²) in [5, 5.41) is 0. The maximum Gasteiger partial charge on any atom is 0.151 e. The highest BCUT2D eigenvalue weighted by atomic mass is 16.5. The van der Waals surface area contributed by atoms with E-state index in [1.807, 2.05) is 49.5 Å². The van der Waals surface area contributed by atoms with Gasteiger partial charge in [0.15, 0.2) is 5.75 Å². The van der Waals surface area contributed by atoms with Gasteiger partial charge in [-0.1, -0.05) is 30.8 Å². The lowest BCUT2D eigenvalue weighted by Gasteiger charge is -2.19. The normalized spacial score (nSPS) is 13.5. The Labute approximate surface area is 101 Å². The summed E-state index contributed by atoms with van der Waals surface area (Å²) in [4.78, 5) is 2.13. The fraction of sp³-hybridized carbons (Fsp3) is 0.0667. The fourth-order valence-electron chi connectivity index (χ4n) is 2.14. The van der Waals surface area contributed by atoms with Crippen molar-refractivity contribution in [3.8, 4) is 5.75 Å². The van der Waals surface area contributed by atoms with Crippen LogP contribution in [0.4, 0.5) is 11.4 Å². The average molecular weight is 223 g/mol. The molecule has 17 heavy (non-hydrogen) atoms. The number of ether oxygens (including phenoxy) is 1. The van der Waals surface area contributed by atoms with E-state index in [2.05, 4.69) is 17.5 Å². The molecular weight excluding hydrogens is 210 g/mol. The van der Waals surface area contributed by atoms with Crippen molar-refractivity contribution in [2.24, 2.45) is 0 Å². The lowest BCUT2D eigenvalue weighted by Crippen LogP contribution is -2.09. The van der Waals surface area contributed by atoms with Gasteiger partial charge in [0, 0.05) is 12.6 Å². The molecule has 0 saturated heterocycles. The number of fused-ring (bicyclic) bond motifs is 2. The minimum atomic E-state index is 0.692. The lowest BCUT2D eigenvalue weighted by molar-refractivity contribution is 0.521. The van der Waals surface area contributed by atoms with E-state index in [1.54, 1.807) is 0 Å². The summed E-state index contributed by atoms with van der Waals surface area (Å²) in [6.07, 6.45) is 0. The number of nitrogens with zero attached hydrogens (tertiary/aromatic N) is 1. The maximum atomic E-state index is 5.82. The van der Waals surface area contributed by atoms with Crippen molar-refractivity contribution < 1.29 is 4.74 Å². The molecule has 0 aromatic heterocycles. The Morgan fingerprint density at radius 2 is 1.59 bits per heavy atom. The van der Waals surface area contributed by atoms with Gasteiger partial charge < -0.3 is 9.64 Å². The second-order valence-corrected chi connectivity index (χ2v) is 4.07. The molecule has 2 aromatic carbocycles. The lowest BCUT2D eigenvalue weighted by atomic mass is 10.1. The van der Waals surface area contributed by atoms with Crippen LogP contribution in [0.1, 0.15) is 5.56 Å². The van der Waals surface area contributed by atoms with E-state index in [1.165, 1.54) is 0 Å². The Kier molecular flexibility index (Phi) is 2.15. The topological polar surface area (TPSA) is 12.5 Å². The third-order valence-electron chi connectivity index (χ3n) is 3.03. The molecule has 2 heteroatoms. The third-order valence-corrected chi connectivity index (χ3v) is 3.03. The Bertz CT molecular complexity index is 589. The maximum absolute atomic E-state index is 5.82. The van der Waals surface area contributed by atoms with Crippen molar-refractivity contribution >= 4 is 17.1 Å². The van der Waals surface area contributed by atoms with E-state index in [0.717, 1.165) is 22.7 Å². The van der Waals surface area contributed by atoms with Crippen LogP contribution < -0.4 is 9.64 Å². The highest BCUT2D eigenvalue weighted by Crippen LogP contribution is 2.41. The van der Waals surface area contributed by atoms with Crippen LogP contribution >= 0.6 is 0 Å². The molecule has 3 rings (SSSR count). The standard InChI is InChI=1S/C15H13NO/c1-11-12-7-3-4-8-13(12)16(2)14-9-5-6-10-15(14)17-11/h3-10H,1H2,2H3. The van der Waals surface area contributed by atoms with E-state index >= 15 is 0 Å². The molecule has 0 saturated carbocycles. The van der Waals surface area contributed by atoms with Crippen molar-refractivity contribution in [2.45, 2.75) is 0 Å². The average Bonchev–Trinajstić information content (AvgIpc) is 2.48. The van der Waals surface area contributed by atoms with E-state index in [0.29, 0.717) is 5.76 Å². The molecule has 2 aromatic rings. The van der Waals surface area contributed by atoms with Crippen LogP contribution in [0.2, 0.25) is 0 Å². The molecule has 0 unspecified atom stereocenters. The molecule has 1 aliphatic rings. The van der Waals surface area contributed by atoms with Crippen LogP contribution in [0.15, 0.2) is 55.1 Å². The molecular formula is C15H13NO. The molecule has 0 N–H and O–H groups in total. The zero-order valence-electron chi connectivity index (χ0n) is 9.68. The highest BCUT2D eigenvalue weighted by molar-refractivity contribution is 5.82. The van der Waals surface area contributed by atoms with Gasteiger partial charge in [0.05, 0.1) is 11.4 Å². The van der Waals surface area contributed by atoms with Crippen molar-refractivity contribution in [1.29, 1.82) is 0 Å². The first-order chi connectivity index (χ1) is 8.27. The second-order valence-electron chi connectivity index (χ2n) is 4.07. The minimum Gasteiger partial charge on any atom is -0.455 e. The monoisotopic (exact) mass is 223 g/mol. The third kappa shape index (κ3) is 1.49. The Morgan fingerprint density at radius 1 is 0.941 bits per heavy atom. The minimum absolute atomic E-state index is 0.692. The number of anilines is 2. The van der Waals surface area contributed by atoms with Gasteiger partial charge in [-0.25, -0.2) is 0 Å². The smallest absolute Gasteiger partial charge is 0.151 e. The largest absolute Gasteiger partial charge is 0.455 e. The van der Waals surface area contributed by atoms with Gasteiger partial charge in [-0.3, -0.25) is 0 Å². The van der Waals surface area contributed by atoms with Gasteiger partial charge in [0.2, 0.25) is 0 Å². The van der Waals surface area contributed by atoms with Gasteiger partial charge in [-0.2, -0.15) is 0 Å². The van der Waals surface area contributed by atoms with Crippen LogP contribution in [0.5, 0.6) is 5.75 Å². The first-order valence-electron chi connectivity index (χ1n) is 5.56. The van der Waals surface area contributed by atoms with E-state index in [9.17, 15) is 0 Å². The molecule has 0 atom stereocenters. The number of hydrogen-bond acceptors (Lipinski definition) is 2. The van der Waals surface area contributed by atoms with Gasteiger partial charge in [-0.05, 0) is 24.3 Å². The van der Waals surface area contributed by atoms with Crippen molar-refractivity contribution in [2.75, 3.05) is 11.9 Å². The van der Waals surface area contributed by atoms with E-state index in [-0.39, 0.29) is 0 Å². The van der Waals surface area contributed by atoms with Crippen LogP contribution in [-0.2, 0) is 0 Å². The highest BCUT2D eigenvalue weighted by Gasteiger charge is 2.20. The zero-order valence-corrected chi connectivity index (χ0v) is 9.68. The Hall–Kier alpha value is -2.22. The summed E-state index contributed by atoms with van der Waals surface area (Å²) in [6.45, 7) is 4.00. The van der Waals surface area contributed by atoms with Crippen molar-refractivity contribution in [3.63, 3.8) is 0 Å². The van der Waals surface area contributed by atoms with Crippen molar-refractivity contribution in [3.05, 3.63) is 60.7 Å². The predicted molar refractivity (Wildman–Crippen MR) is 70.6 cm³/mol. The molecule has 2 nitrogen and oxygen atoms in total. The van der Waals surface area contributed by atoms with Crippen LogP contribution in [-0.4, -0.2) is 7.05 Å². The van der Waals surface area contributed by atoms with Crippen molar-refractivity contribution in [1.82, 2.24) is 0 Å².